The van der Waals surface area contributed by atoms with E-state index < -0.39 is 11.9 Å². The smallest absolute Gasteiger partial charge is 0.299 e. The van der Waals surface area contributed by atoms with E-state index in [0.29, 0.717) is 12.1 Å². The highest BCUT2D eigenvalue weighted by atomic mass is 19.4. The van der Waals surface area contributed by atoms with Crippen molar-refractivity contribution in [3.8, 4) is 0 Å². The molecule has 1 fully saturated rings. The van der Waals surface area contributed by atoms with Gasteiger partial charge in [-0.1, -0.05) is 0 Å². The Morgan fingerprint density at radius 1 is 1.38 bits per heavy atom. The molecule has 2 rings (SSSR count). The minimum absolute atomic E-state index is 0.558. The summed E-state index contributed by atoms with van der Waals surface area (Å²) < 4.78 is 37.2. The van der Waals surface area contributed by atoms with Crippen molar-refractivity contribution in [2.45, 2.75) is 19.1 Å². The SMILES string of the molecule is FC(F)(F)c1cc(CN2C[CH]CC2)ccn1. The molecule has 5 heteroatoms. The number of hydrogen-bond acceptors (Lipinski definition) is 2. The second-order valence-electron chi connectivity index (χ2n) is 3.86. The molecular weight excluding hydrogens is 217 g/mol. The fourth-order valence-electron chi connectivity index (χ4n) is 1.77. The lowest BCUT2D eigenvalue weighted by atomic mass is 10.2. The number of halogens is 3. The molecule has 1 aliphatic rings. The van der Waals surface area contributed by atoms with Crippen LogP contribution in [0.1, 0.15) is 17.7 Å². The lowest BCUT2D eigenvalue weighted by Crippen LogP contribution is -2.19. The molecule has 1 aliphatic heterocycles. The summed E-state index contributed by atoms with van der Waals surface area (Å²) in [5, 5.41) is 0. The third-order valence-electron chi connectivity index (χ3n) is 2.56. The number of likely N-dealkylation sites (tertiary alicyclic amines) is 1. The second-order valence-corrected chi connectivity index (χ2v) is 3.86. The summed E-state index contributed by atoms with van der Waals surface area (Å²) in [4.78, 5) is 5.44. The van der Waals surface area contributed by atoms with Gasteiger partial charge in [0.2, 0.25) is 0 Å². The van der Waals surface area contributed by atoms with Gasteiger partial charge in [0.25, 0.3) is 0 Å². The van der Waals surface area contributed by atoms with Crippen molar-refractivity contribution in [2.24, 2.45) is 0 Å². The monoisotopic (exact) mass is 229 g/mol. The van der Waals surface area contributed by atoms with E-state index in [1.54, 1.807) is 6.07 Å². The van der Waals surface area contributed by atoms with Crippen LogP contribution in [-0.4, -0.2) is 23.0 Å². The van der Waals surface area contributed by atoms with E-state index in [1.807, 2.05) is 0 Å². The van der Waals surface area contributed by atoms with E-state index in [0.717, 1.165) is 25.6 Å². The summed E-state index contributed by atoms with van der Waals surface area (Å²) in [7, 11) is 0. The molecular formula is C11H12F3N2. The largest absolute Gasteiger partial charge is 0.433 e. The summed E-state index contributed by atoms with van der Waals surface area (Å²) in [6, 6.07) is 2.76. The molecule has 87 valence electrons. The first-order valence-corrected chi connectivity index (χ1v) is 5.12. The van der Waals surface area contributed by atoms with Crippen LogP contribution in [0, 0.1) is 6.42 Å². The zero-order valence-corrected chi connectivity index (χ0v) is 8.67. The third kappa shape index (κ3) is 2.72. The van der Waals surface area contributed by atoms with E-state index >= 15 is 0 Å². The van der Waals surface area contributed by atoms with Gasteiger partial charge in [-0.05, 0) is 37.1 Å². The second kappa shape index (κ2) is 4.41. The van der Waals surface area contributed by atoms with Crippen molar-refractivity contribution in [1.29, 1.82) is 0 Å². The Labute approximate surface area is 92.1 Å². The van der Waals surface area contributed by atoms with Crippen molar-refractivity contribution >= 4 is 0 Å². The van der Waals surface area contributed by atoms with Gasteiger partial charge in [0.1, 0.15) is 5.69 Å². The van der Waals surface area contributed by atoms with Crippen LogP contribution in [0.15, 0.2) is 18.3 Å². The van der Waals surface area contributed by atoms with Gasteiger partial charge in [-0.2, -0.15) is 13.2 Å². The highest BCUT2D eigenvalue weighted by Crippen LogP contribution is 2.28. The van der Waals surface area contributed by atoms with Crippen molar-refractivity contribution in [3.63, 3.8) is 0 Å². The van der Waals surface area contributed by atoms with E-state index in [-0.39, 0.29) is 0 Å². The van der Waals surface area contributed by atoms with Crippen LogP contribution in [0.2, 0.25) is 0 Å². The first-order valence-electron chi connectivity index (χ1n) is 5.12. The van der Waals surface area contributed by atoms with Crippen molar-refractivity contribution < 1.29 is 13.2 Å². The third-order valence-corrected chi connectivity index (χ3v) is 2.56. The molecule has 2 heterocycles. The van der Waals surface area contributed by atoms with Crippen molar-refractivity contribution in [2.75, 3.05) is 13.1 Å². The maximum atomic E-state index is 12.4. The fourth-order valence-corrected chi connectivity index (χ4v) is 1.77. The molecule has 1 aromatic rings. The lowest BCUT2D eigenvalue weighted by Gasteiger charge is -2.15. The first-order chi connectivity index (χ1) is 7.55. The van der Waals surface area contributed by atoms with Gasteiger partial charge >= 0.3 is 6.18 Å². The molecule has 0 aliphatic carbocycles. The predicted octanol–water partition coefficient (Wildman–Crippen LogP) is 2.51. The number of alkyl halides is 3. The first kappa shape index (κ1) is 11.4. The molecule has 0 spiro atoms. The van der Waals surface area contributed by atoms with E-state index in [2.05, 4.69) is 16.3 Å². The molecule has 0 bridgehead atoms. The van der Waals surface area contributed by atoms with E-state index in [4.69, 9.17) is 0 Å². The van der Waals surface area contributed by atoms with Crippen LogP contribution in [0.3, 0.4) is 0 Å². The average Bonchev–Trinajstić information content (AvgIpc) is 2.70. The van der Waals surface area contributed by atoms with Crippen LogP contribution < -0.4 is 0 Å². The Balaban J connectivity index is 2.09. The maximum absolute atomic E-state index is 12.4. The molecule has 1 radical (unpaired) electrons. The normalized spacial score (nSPS) is 17.9. The molecule has 1 aromatic heterocycles. The van der Waals surface area contributed by atoms with E-state index in [9.17, 15) is 13.2 Å². The highest BCUT2D eigenvalue weighted by molar-refractivity contribution is 5.18. The summed E-state index contributed by atoms with van der Waals surface area (Å²) in [6.45, 7) is 2.33. The number of hydrogen-bond donors (Lipinski definition) is 0. The summed E-state index contributed by atoms with van der Waals surface area (Å²) >= 11 is 0. The molecule has 0 atom stereocenters. The molecule has 0 saturated carbocycles. The predicted molar refractivity (Wildman–Crippen MR) is 53.4 cm³/mol. The molecule has 16 heavy (non-hydrogen) atoms. The zero-order chi connectivity index (χ0) is 11.6. The molecule has 1 saturated heterocycles. The van der Waals surface area contributed by atoms with Gasteiger partial charge < -0.3 is 0 Å². The fraction of sp³-hybridized carbons (Fsp3) is 0.455. The van der Waals surface area contributed by atoms with Crippen LogP contribution in [0.25, 0.3) is 0 Å². The highest BCUT2D eigenvalue weighted by Gasteiger charge is 2.32. The summed E-state index contributed by atoms with van der Waals surface area (Å²) in [5.41, 5.74) is -0.147. The van der Waals surface area contributed by atoms with Crippen LogP contribution in [-0.2, 0) is 12.7 Å². The minimum Gasteiger partial charge on any atom is -0.299 e. The average molecular weight is 229 g/mol. The van der Waals surface area contributed by atoms with Crippen molar-refractivity contribution in [3.05, 3.63) is 36.0 Å². The van der Waals surface area contributed by atoms with Gasteiger partial charge in [-0.15, -0.1) is 0 Å². The van der Waals surface area contributed by atoms with Crippen LogP contribution in [0.5, 0.6) is 0 Å². The van der Waals surface area contributed by atoms with Gasteiger partial charge in [-0.25, -0.2) is 0 Å². The lowest BCUT2D eigenvalue weighted by molar-refractivity contribution is -0.141. The summed E-state index contributed by atoms with van der Waals surface area (Å²) in [5.74, 6) is 0. The van der Waals surface area contributed by atoms with Crippen LogP contribution in [0.4, 0.5) is 13.2 Å². The number of rotatable bonds is 2. The van der Waals surface area contributed by atoms with Crippen molar-refractivity contribution in [1.82, 2.24) is 9.88 Å². The number of aromatic nitrogens is 1. The van der Waals surface area contributed by atoms with Crippen LogP contribution >= 0.6 is 0 Å². The molecule has 0 amide bonds. The minimum atomic E-state index is -4.35. The number of nitrogens with zero attached hydrogens (tertiary/aromatic N) is 2. The van der Waals surface area contributed by atoms with Gasteiger partial charge in [0, 0.05) is 19.3 Å². The quantitative estimate of drug-likeness (QED) is 0.774. The standard InChI is InChI=1S/C11H12F3N2/c12-11(13,14)10-7-9(3-4-15-10)8-16-5-1-2-6-16/h1,3-4,7H,2,5-6,8H2. The molecule has 0 N–H and O–H groups in total. The van der Waals surface area contributed by atoms with E-state index in [1.165, 1.54) is 6.20 Å². The Kier molecular flexibility index (Phi) is 3.14. The Bertz CT molecular complexity index is 356. The zero-order valence-electron chi connectivity index (χ0n) is 8.67. The number of pyridine rings is 1. The molecule has 0 aromatic carbocycles. The molecule has 0 unspecified atom stereocenters. The summed E-state index contributed by atoms with van der Waals surface area (Å²) in [6.07, 6.45) is 0.00809. The topological polar surface area (TPSA) is 16.1 Å². The Hall–Kier alpha value is -1.10. The van der Waals surface area contributed by atoms with Gasteiger partial charge in [0.15, 0.2) is 0 Å². The van der Waals surface area contributed by atoms with Gasteiger partial charge in [0.05, 0.1) is 0 Å². The van der Waals surface area contributed by atoms with Gasteiger partial charge in [-0.3, -0.25) is 9.88 Å². The Morgan fingerprint density at radius 2 is 2.19 bits per heavy atom. The maximum Gasteiger partial charge on any atom is 0.433 e. The molecule has 2 nitrogen and oxygen atoms in total. The Morgan fingerprint density at radius 3 is 2.81 bits per heavy atom.